The summed E-state index contributed by atoms with van der Waals surface area (Å²) in [6, 6.07) is 6.99. The molecule has 1 unspecified atom stereocenters. The van der Waals surface area contributed by atoms with Crippen LogP contribution in [-0.4, -0.2) is 35.9 Å². The van der Waals surface area contributed by atoms with Crippen molar-refractivity contribution in [1.82, 2.24) is 20.9 Å². The number of nitrogens with zero attached hydrogens (tertiary/aromatic N) is 2. The van der Waals surface area contributed by atoms with Crippen LogP contribution in [0.3, 0.4) is 0 Å². The average Bonchev–Trinajstić information content (AvgIpc) is 2.57. The summed E-state index contributed by atoms with van der Waals surface area (Å²) < 4.78 is 0. The molecule has 2 atom stereocenters. The first-order valence-corrected chi connectivity index (χ1v) is 7.76. The number of nitrogens with one attached hydrogen (secondary N) is 3. The van der Waals surface area contributed by atoms with Crippen molar-refractivity contribution >= 4 is 11.8 Å². The summed E-state index contributed by atoms with van der Waals surface area (Å²) in [5.74, 6) is -0.488. The number of pyridine rings is 1. The highest BCUT2D eigenvalue weighted by Crippen LogP contribution is 2.17. The number of carbonyl (C=O) groups is 2. The highest BCUT2D eigenvalue weighted by molar-refractivity contribution is 5.80. The van der Waals surface area contributed by atoms with Crippen molar-refractivity contribution in [3.8, 4) is 6.07 Å². The van der Waals surface area contributed by atoms with Gasteiger partial charge in [0.2, 0.25) is 11.8 Å². The van der Waals surface area contributed by atoms with Crippen LogP contribution >= 0.6 is 0 Å². The van der Waals surface area contributed by atoms with Gasteiger partial charge >= 0.3 is 0 Å². The minimum Gasteiger partial charge on any atom is -0.356 e. The molecule has 1 aliphatic rings. The predicted molar refractivity (Wildman–Crippen MR) is 83.8 cm³/mol. The Kier molecular flexibility index (Phi) is 6.51. The van der Waals surface area contributed by atoms with E-state index in [0.717, 1.165) is 18.5 Å². The number of amides is 2. The van der Waals surface area contributed by atoms with Gasteiger partial charge in [0.25, 0.3) is 0 Å². The first-order valence-electron chi connectivity index (χ1n) is 7.76. The lowest BCUT2D eigenvalue weighted by Crippen LogP contribution is -2.44. The standard InChI is InChI=1S/C16H21N5O2/c17-9-14(8-12-4-3-7-20-16(12)23)21-15(22)11-18-10-13-5-1-2-6-19-13/h1-2,5-6,12,14,18H,3-4,7-8,10-11H2,(H,20,23)(H,21,22)/t12-,14?/m0/s1. The smallest absolute Gasteiger partial charge is 0.234 e. The molecular weight excluding hydrogens is 294 g/mol. The zero-order chi connectivity index (χ0) is 16.5. The van der Waals surface area contributed by atoms with Crippen molar-refractivity contribution in [3.63, 3.8) is 0 Å². The van der Waals surface area contributed by atoms with E-state index in [1.54, 1.807) is 6.20 Å². The molecule has 0 radical (unpaired) electrons. The Morgan fingerprint density at radius 2 is 2.39 bits per heavy atom. The molecule has 2 heterocycles. The fourth-order valence-corrected chi connectivity index (χ4v) is 2.54. The summed E-state index contributed by atoms with van der Waals surface area (Å²) in [6.45, 7) is 1.28. The fourth-order valence-electron chi connectivity index (χ4n) is 2.54. The minimum absolute atomic E-state index is 0.0287. The molecule has 7 nitrogen and oxygen atoms in total. The van der Waals surface area contributed by atoms with Gasteiger partial charge in [-0.2, -0.15) is 5.26 Å². The predicted octanol–water partition coefficient (Wildman–Crippen LogP) is 0.0959. The molecule has 23 heavy (non-hydrogen) atoms. The average molecular weight is 315 g/mol. The Morgan fingerprint density at radius 1 is 1.52 bits per heavy atom. The van der Waals surface area contributed by atoms with Gasteiger partial charge in [-0.25, -0.2) is 0 Å². The van der Waals surface area contributed by atoms with E-state index in [9.17, 15) is 9.59 Å². The van der Waals surface area contributed by atoms with Gasteiger partial charge in [0.1, 0.15) is 6.04 Å². The number of piperidine rings is 1. The van der Waals surface area contributed by atoms with E-state index < -0.39 is 6.04 Å². The molecule has 0 bridgehead atoms. The van der Waals surface area contributed by atoms with Gasteiger partial charge in [-0.05, 0) is 31.4 Å². The van der Waals surface area contributed by atoms with Crippen LogP contribution in [0.25, 0.3) is 0 Å². The molecule has 2 rings (SSSR count). The lowest BCUT2D eigenvalue weighted by molar-refractivity contribution is -0.127. The van der Waals surface area contributed by atoms with E-state index in [-0.39, 0.29) is 24.3 Å². The fraction of sp³-hybridized carbons (Fsp3) is 0.500. The Hall–Kier alpha value is -2.46. The van der Waals surface area contributed by atoms with E-state index in [2.05, 4.69) is 27.0 Å². The lowest BCUT2D eigenvalue weighted by Gasteiger charge is -2.23. The summed E-state index contributed by atoms with van der Waals surface area (Å²) in [5.41, 5.74) is 0.844. The van der Waals surface area contributed by atoms with Crippen LogP contribution in [-0.2, 0) is 16.1 Å². The molecule has 0 aromatic carbocycles. The Balaban J connectivity index is 1.72. The van der Waals surface area contributed by atoms with Gasteiger partial charge in [0, 0.05) is 25.2 Å². The van der Waals surface area contributed by atoms with E-state index >= 15 is 0 Å². The van der Waals surface area contributed by atoms with Crippen molar-refractivity contribution in [1.29, 1.82) is 5.26 Å². The van der Waals surface area contributed by atoms with Crippen molar-refractivity contribution in [2.75, 3.05) is 13.1 Å². The molecule has 1 aliphatic heterocycles. The maximum absolute atomic E-state index is 11.9. The molecule has 2 amide bonds. The third-order valence-corrected chi connectivity index (χ3v) is 3.73. The van der Waals surface area contributed by atoms with Crippen molar-refractivity contribution < 1.29 is 9.59 Å². The van der Waals surface area contributed by atoms with Gasteiger partial charge in [-0.3, -0.25) is 14.6 Å². The number of rotatable bonds is 7. The van der Waals surface area contributed by atoms with E-state index in [1.165, 1.54) is 0 Å². The summed E-state index contributed by atoms with van der Waals surface area (Å²) >= 11 is 0. The van der Waals surface area contributed by atoms with Crippen LogP contribution < -0.4 is 16.0 Å². The zero-order valence-electron chi connectivity index (χ0n) is 12.9. The maximum Gasteiger partial charge on any atom is 0.234 e. The second-order valence-electron chi connectivity index (χ2n) is 5.54. The third kappa shape index (κ3) is 5.68. The van der Waals surface area contributed by atoms with Gasteiger partial charge in [0.05, 0.1) is 18.3 Å². The van der Waals surface area contributed by atoms with E-state index in [1.807, 2.05) is 18.2 Å². The first-order chi connectivity index (χ1) is 11.2. The van der Waals surface area contributed by atoms with Crippen LogP contribution in [0.15, 0.2) is 24.4 Å². The van der Waals surface area contributed by atoms with Crippen molar-refractivity contribution in [2.24, 2.45) is 5.92 Å². The Morgan fingerprint density at radius 3 is 3.09 bits per heavy atom. The number of hydrogen-bond acceptors (Lipinski definition) is 5. The first kappa shape index (κ1) is 16.9. The summed E-state index contributed by atoms with van der Waals surface area (Å²) in [4.78, 5) is 27.7. The van der Waals surface area contributed by atoms with Gasteiger partial charge in [-0.15, -0.1) is 0 Å². The molecule has 1 aromatic rings. The summed E-state index contributed by atoms with van der Waals surface area (Å²) in [5, 5.41) is 17.6. The summed E-state index contributed by atoms with van der Waals surface area (Å²) in [6.07, 6.45) is 3.72. The highest BCUT2D eigenvalue weighted by atomic mass is 16.2. The van der Waals surface area contributed by atoms with Crippen molar-refractivity contribution in [2.45, 2.75) is 31.8 Å². The number of hydrogen-bond donors (Lipinski definition) is 3. The topological polar surface area (TPSA) is 107 Å². The molecule has 0 aliphatic carbocycles. The van der Waals surface area contributed by atoms with Gasteiger partial charge in [-0.1, -0.05) is 6.07 Å². The molecule has 0 spiro atoms. The highest BCUT2D eigenvalue weighted by Gasteiger charge is 2.26. The third-order valence-electron chi connectivity index (χ3n) is 3.73. The van der Waals surface area contributed by atoms with E-state index in [0.29, 0.717) is 19.5 Å². The maximum atomic E-state index is 11.9. The monoisotopic (exact) mass is 315 g/mol. The van der Waals surface area contributed by atoms with Gasteiger partial charge in [0.15, 0.2) is 0 Å². The number of aromatic nitrogens is 1. The van der Waals surface area contributed by atoms with Crippen LogP contribution in [0, 0.1) is 17.2 Å². The van der Waals surface area contributed by atoms with Crippen LogP contribution in [0.4, 0.5) is 0 Å². The molecule has 0 saturated carbocycles. The van der Waals surface area contributed by atoms with Crippen LogP contribution in [0.2, 0.25) is 0 Å². The zero-order valence-corrected chi connectivity index (χ0v) is 12.9. The minimum atomic E-state index is -0.645. The Bertz CT molecular complexity index is 570. The lowest BCUT2D eigenvalue weighted by atomic mass is 9.92. The van der Waals surface area contributed by atoms with Crippen LogP contribution in [0.1, 0.15) is 25.0 Å². The Labute approximate surface area is 135 Å². The normalized spacial score (nSPS) is 18.6. The van der Waals surface area contributed by atoms with Gasteiger partial charge < -0.3 is 16.0 Å². The molecular formula is C16H21N5O2. The largest absolute Gasteiger partial charge is 0.356 e. The second kappa shape index (κ2) is 8.86. The molecule has 7 heteroatoms. The molecule has 3 N–H and O–H groups in total. The quantitative estimate of drug-likeness (QED) is 0.661. The second-order valence-corrected chi connectivity index (χ2v) is 5.54. The molecule has 1 aromatic heterocycles. The summed E-state index contributed by atoms with van der Waals surface area (Å²) in [7, 11) is 0. The molecule has 1 fully saturated rings. The number of carbonyl (C=O) groups excluding carboxylic acids is 2. The molecule has 1 saturated heterocycles. The number of nitriles is 1. The molecule has 122 valence electrons. The SMILES string of the molecule is N#CC(C[C@@H]1CCCNC1=O)NC(=O)CNCc1ccccn1. The van der Waals surface area contributed by atoms with E-state index in [4.69, 9.17) is 5.26 Å². The van der Waals surface area contributed by atoms with Crippen molar-refractivity contribution in [3.05, 3.63) is 30.1 Å². The van der Waals surface area contributed by atoms with Crippen LogP contribution in [0.5, 0.6) is 0 Å².